The van der Waals surface area contributed by atoms with E-state index in [9.17, 15) is 0 Å². The van der Waals surface area contributed by atoms with E-state index in [0.717, 1.165) is 45.2 Å². The molecule has 2 fully saturated rings. The average molecular weight is 332 g/mol. The predicted octanol–water partition coefficient (Wildman–Crippen LogP) is 0.485. The van der Waals surface area contributed by atoms with Crippen molar-refractivity contribution in [3.05, 3.63) is 24.3 Å². The van der Waals surface area contributed by atoms with Gasteiger partial charge in [0.15, 0.2) is 0 Å². The van der Waals surface area contributed by atoms with Gasteiger partial charge in [-0.15, -0.1) is 0 Å². The largest absolute Gasteiger partial charge is 0.399 e. The molecule has 0 saturated carbocycles. The van der Waals surface area contributed by atoms with Gasteiger partial charge < -0.3 is 10.6 Å². The van der Waals surface area contributed by atoms with Gasteiger partial charge in [-0.2, -0.15) is 0 Å². The van der Waals surface area contributed by atoms with Gasteiger partial charge >= 0.3 is 0 Å². The van der Waals surface area contributed by atoms with Crippen LogP contribution in [0.2, 0.25) is 0 Å². The molecule has 0 amide bonds. The second kappa shape index (κ2) is 8.16. The first kappa shape index (κ1) is 17.5. The van der Waals surface area contributed by atoms with Gasteiger partial charge in [0.2, 0.25) is 0 Å². The van der Waals surface area contributed by atoms with Crippen LogP contribution in [0.25, 0.3) is 0 Å². The van der Waals surface area contributed by atoms with Crippen LogP contribution >= 0.6 is 0 Å². The molecule has 24 heavy (non-hydrogen) atoms. The molecule has 0 unspecified atom stereocenters. The van der Waals surface area contributed by atoms with Crippen molar-refractivity contribution in [3.63, 3.8) is 0 Å². The monoisotopic (exact) mass is 332 g/mol. The number of nitrogen functional groups attached to an aromatic ring is 1. The highest BCUT2D eigenvalue weighted by molar-refractivity contribution is 5.53. The average Bonchev–Trinajstić information content (AvgIpc) is 3.17. The Kier molecular flexibility index (Phi) is 5.94. The van der Waals surface area contributed by atoms with Crippen LogP contribution in [-0.4, -0.2) is 99.4 Å². The van der Waals surface area contributed by atoms with E-state index in [1.807, 2.05) is 12.1 Å². The lowest BCUT2D eigenvalue weighted by Gasteiger charge is -2.29. The van der Waals surface area contributed by atoms with Crippen LogP contribution in [0.15, 0.2) is 24.3 Å². The molecule has 1 aromatic rings. The number of anilines is 2. The quantitative estimate of drug-likeness (QED) is 0.733. The molecular weight excluding hydrogens is 300 g/mol. The number of benzene rings is 1. The summed E-state index contributed by atoms with van der Waals surface area (Å²) in [7, 11) is 4.39. The molecule has 0 bridgehead atoms. The fraction of sp³-hybridized carbons (Fsp3) is 0.667. The zero-order valence-corrected chi connectivity index (χ0v) is 15.2. The van der Waals surface area contributed by atoms with Crippen LogP contribution in [-0.2, 0) is 0 Å². The maximum Gasteiger partial charge on any atom is 0.0505 e. The number of hydrogen-bond acceptors (Lipinski definition) is 6. The number of rotatable bonds is 7. The fourth-order valence-corrected chi connectivity index (χ4v) is 3.53. The van der Waals surface area contributed by atoms with Crippen molar-refractivity contribution in [2.75, 3.05) is 90.4 Å². The van der Waals surface area contributed by atoms with Crippen LogP contribution in [0.5, 0.6) is 0 Å². The van der Waals surface area contributed by atoms with Crippen molar-refractivity contribution in [2.45, 2.75) is 0 Å². The highest BCUT2D eigenvalue weighted by atomic mass is 15.4. The summed E-state index contributed by atoms with van der Waals surface area (Å²) >= 11 is 0. The van der Waals surface area contributed by atoms with E-state index in [4.69, 9.17) is 5.73 Å². The van der Waals surface area contributed by atoms with E-state index in [-0.39, 0.29) is 0 Å². The van der Waals surface area contributed by atoms with E-state index in [1.165, 1.54) is 31.9 Å². The van der Waals surface area contributed by atoms with Crippen molar-refractivity contribution >= 4 is 11.4 Å². The summed E-state index contributed by atoms with van der Waals surface area (Å²) in [5.74, 6) is 0. The summed E-state index contributed by atoms with van der Waals surface area (Å²) in [6, 6.07) is 8.33. The Bertz CT molecular complexity index is 481. The number of hydrogen-bond donors (Lipinski definition) is 1. The SMILES string of the molecule is CN1CCN(CCN(CCN2CCN(C)C2)c2ccc(N)cc2)C1. The number of nitrogens with two attached hydrogens (primary N) is 1. The van der Waals surface area contributed by atoms with E-state index in [1.54, 1.807) is 0 Å². The molecule has 2 heterocycles. The topological polar surface area (TPSA) is 42.2 Å². The Morgan fingerprint density at radius 2 is 1.33 bits per heavy atom. The molecule has 2 saturated heterocycles. The molecular formula is C18H32N6. The Hall–Kier alpha value is -1.34. The molecule has 2 aliphatic heterocycles. The van der Waals surface area contributed by atoms with Crippen molar-refractivity contribution in [2.24, 2.45) is 0 Å². The Morgan fingerprint density at radius 3 is 1.75 bits per heavy atom. The molecule has 2 aliphatic rings. The van der Waals surface area contributed by atoms with Crippen LogP contribution < -0.4 is 10.6 Å². The molecule has 6 nitrogen and oxygen atoms in total. The van der Waals surface area contributed by atoms with Crippen LogP contribution in [0.4, 0.5) is 11.4 Å². The molecule has 134 valence electrons. The van der Waals surface area contributed by atoms with Crippen molar-refractivity contribution in [1.82, 2.24) is 19.6 Å². The summed E-state index contributed by atoms with van der Waals surface area (Å²) in [5, 5.41) is 0. The van der Waals surface area contributed by atoms with Crippen molar-refractivity contribution < 1.29 is 0 Å². The van der Waals surface area contributed by atoms with E-state index in [0.29, 0.717) is 0 Å². The first-order valence-electron chi connectivity index (χ1n) is 9.02. The summed E-state index contributed by atoms with van der Waals surface area (Å²) in [4.78, 5) is 12.3. The minimum absolute atomic E-state index is 0.834. The van der Waals surface area contributed by atoms with Gasteiger partial charge in [0.05, 0.1) is 13.3 Å². The number of nitrogens with zero attached hydrogens (tertiary/aromatic N) is 5. The lowest BCUT2D eigenvalue weighted by molar-refractivity contribution is 0.268. The van der Waals surface area contributed by atoms with Crippen LogP contribution in [0.3, 0.4) is 0 Å². The van der Waals surface area contributed by atoms with Gasteiger partial charge in [-0.3, -0.25) is 19.6 Å². The highest BCUT2D eigenvalue weighted by Crippen LogP contribution is 2.17. The molecule has 3 rings (SSSR count). The first-order chi connectivity index (χ1) is 11.6. The van der Waals surface area contributed by atoms with E-state index in [2.05, 4.69) is 50.7 Å². The van der Waals surface area contributed by atoms with Crippen LogP contribution in [0, 0.1) is 0 Å². The highest BCUT2D eigenvalue weighted by Gasteiger charge is 2.19. The van der Waals surface area contributed by atoms with Gasteiger partial charge in [-0.05, 0) is 38.4 Å². The van der Waals surface area contributed by atoms with Gasteiger partial charge in [0.1, 0.15) is 0 Å². The van der Waals surface area contributed by atoms with Crippen LogP contribution in [0.1, 0.15) is 0 Å². The summed E-state index contributed by atoms with van der Waals surface area (Å²) in [6.45, 7) is 11.3. The van der Waals surface area contributed by atoms with E-state index >= 15 is 0 Å². The summed E-state index contributed by atoms with van der Waals surface area (Å²) in [5.41, 5.74) is 7.97. The zero-order chi connectivity index (χ0) is 16.9. The molecule has 0 spiro atoms. The molecule has 0 aromatic heterocycles. The minimum atomic E-state index is 0.834. The lowest BCUT2D eigenvalue weighted by Crippen LogP contribution is -2.39. The third-order valence-corrected chi connectivity index (χ3v) is 5.11. The lowest BCUT2D eigenvalue weighted by atomic mass is 10.2. The second-order valence-electron chi connectivity index (χ2n) is 7.26. The molecule has 0 radical (unpaired) electrons. The van der Waals surface area contributed by atoms with Gasteiger partial charge in [0, 0.05) is 63.7 Å². The van der Waals surface area contributed by atoms with Gasteiger partial charge in [0.25, 0.3) is 0 Å². The first-order valence-corrected chi connectivity index (χ1v) is 9.02. The molecule has 0 atom stereocenters. The molecule has 0 aliphatic carbocycles. The Balaban J connectivity index is 1.56. The summed E-state index contributed by atoms with van der Waals surface area (Å²) in [6.07, 6.45) is 0. The summed E-state index contributed by atoms with van der Waals surface area (Å²) < 4.78 is 0. The smallest absolute Gasteiger partial charge is 0.0505 e. The maximum atomic E-state index is 5.86. The normalized spacial score (nSPS) is 20.9. The minimum Gasteiger partial charge on any atom is -0.399 e. The fourth-order valence-electron chi connectivity index (χ4n) is 3.53. The molecule has 2 N–H and O–H groups in total. The van der Waals surface area contributed by atoms with Crippen molar-refractivity contribution in [3.8, 4) is 0 Å². The zero-order valence-electron chi connectivity index (χ0n) is 15.2. The van der Waals surface area contributed by atoms with Gasteiger partial charge in [-0.1, -0.05) is 0 Å². The Labute approximate surface area is 146 Å². The number of likely N-dealkylation sites (N-methyl/N-ethyl adjacent to an activating group) is 2. The third-order valence-electron chi connectivity index (χ3n) is 5.11. The third kappa shape index (κ3) is 4.83. The molecule has 6 heteroatoms. The predicted molar refractivity (Wildman–Crippen MR) is 101 cm³/mol. The Morgan fingerprint density at radius 1 is 0.833 bits per heavy atom. The van der Waals surface area contributed by atoms with E-state index < -0.39 is 0 Å². The molecule has 1 aromatic carbocycles. The maximum absolute atomic E-state index is 5.86. The van der Waals surface area contributed by atoms with Gasteiger partial charge in [-0.25, -0.2) is 0 Å². The van der Waals surface area contributed by atoms with Crippen molar-refractivity contribution in [1.29, 1.82) is 0 Å². The standard InChI is InChI=1S/C18H32N6/c1-20-7-9-22(15-20)11-13-24(18-5-3-17(19)4-6-18)14-12-23-10-8-21(2)16-23/h3-6H,7-16,19H2,1-2H3. The second-order valence-corrected chi connectivity index (χ2v) is 7.26.